The van der Waals surface area contributed by atoms with E-state index >= 15 is 0 Å². The minimum Gasteiger partial charge on any atom is -0.321 e. The Bertz CT molecular complexity index is 1560. The van der Waals surface area contributed by atoms with E-state index in [1.165, 1.54) is 24.3 Å². The van der Waals surface area contributed by atoms with Crippen LogP contribution in [0.15, 0.2) is 103 Å². The minimum atomic E-state index is -4.70. The number of carbonyl (C=O) groups excluding carboxylic acids is 1. The molecule has 9 heteroatoms. The Balaban J connectivity index is 1.43. The molecule has 1 heterocycles. The molecule has 37 heavy (non-hydrogen) atoms. The van der Waals surface area contributed by atoms with Gasteiger partial charge in [-0.3, -0.25) is 4.79 Å². The highest BCUT2D eigenvalue weighted by Crippen LogP contribution is 2.34. The van der Waals surface area contributed by atoms with Gasteiger partial charge in [-0.15, -0.1) is 5.10 Å². The molecule has 0 saturated heterocycles. The average Bonchev–Trinajstić information content (AvgIpc) is 3.40. The number of carbonyl (C=O) groups is 1. The molecule has 0 radical (unpaired) electrons. The number of nitrogens with zero attached hydrogens (tertiary/aromatic N) is 3. The first-order chi connectivity index (χ1) is 17.8. The number of halogens is 4. The lowest BCUT2D eigenvalue weighted by atomic mass is 10.0. The second kappa shape index (κ2) is 9.69. The highest BCUT2D eigenvalue weighted by Gasteiger charge is 2.35. The topological polar surface area (TPSA) is 59.8 Å². The Morgan fingerprint density at radius 1 is 0.811 bits per heavy atom. The van der Waals surface area contributed by atoms with Crippen molar-refractivity contribution in [1.82, 2.24) is 15.0 Å². The van der Waals surface area contributed by atoms with Crippen LogP contribution in [-0.2, 0) is 6.18 Å². The van der Waals surface area contributed by atoms with Gasteiger partial charge in [0.25, 0.3) is 5.91 Å². The van der Waals surface area contributed by atoms with Gasteiger partial charge in [-0.25, -0.2) is 9.07 Å². The number of hydrogen-bond acceptors (Lipinski definition) is 3. The van der Waals surface area contributed by atoms with E-state index in [9.17, 15) is 22.4 Å². The summed E-state index contributed by atoms with van der Waals surface area (Å²) in [7, 11) is 0. The van der Waals surface area contributed by atoms with Crippen molar-refractivity contribution >= 4 is 11.6 Å². The zero-order chi connectivity index (χ0) is 26.0. The minimum absolute atomic E-state index is 0.170. The van der Waals surface area contributed by atoms with Gasteiger partial charge in [0.15, 0.2) is 0 Å². The van der Waals surface area contributed by atoms with E-state index in [0.717, 1.165) is 23.8 Å². The van der Waals surface area contributed by atoms with Crippen molar-refractivity contribution in [3.63, 3.8) is 0 Å². The van der Waals surface area contributed by atoms with E-state index in [1.807, 2.05) is 30.3 Å². The third-order valence-electron chi connectivity index (χ3n) is 5.71. The van der Waals surface area contributed by atoms with Crippen LogP contribution in [0.25, 0.3) is 28.1 Å². The monoisotopic (exact) mass is 502 g/mol. The van der Waals surface area contributed by atoms with E-state index in [4.69, 9.17) is 0 Å². The fourth-order valence-electron chi connectivity index (χ4n) is 3.91. The molecule has 1 amide bonds. The third kappa shape index (κ3) is 5.11. The van der Waals surface area contributed by atoms with Crippen LogP contribution in [0.3, 0.4) is 0 Å². The maximum Gasteiger partial charge on any atom is 0.417 e. The number of aromatic nitrogens is 3. The highest BCUT2D eigenvalue weighted by atomic mass is 19.4. The van der Waals surface area contributed by atoms with Crippen LogP contribution >= 0.6 is 0 Å². The molecule has 0 atom stereocenters. The van der Waals surface area contributed by atoms with Crippen LogP contribution in [0.4, 0.5) is 23.2 Å². The van der Waals surface area contributed by atoms with Gasteiger partial charge < -0.3 is 5.32 Å². The van der Waals surface area contributed by atoms with Crippen molar-refractivity contribution in [2.75, 3.05) is 5.32 Å². The molecule has 0 aliphatic carbocycles. The third-order valence-corrected chi connectivity index (χ3v) is 5.71. The zero-order valence-electron chi connectivity index (χ0n) is 19.1. The first-order valence-electron chi connectivity index (χ1n) is 11.2. The fraction of sp³-hybridized carbons (Fsp3) is 0.0357. The van der Waals surface area contributed by atoms with Crippen LogP contribution in [0.5, 0.6) is 0 Å². The summed E-state index contributed by atoms with van der Waals surface area (Å²) in [6.07, 6.45) is -2.92. The SMILES string of the molecule is O=C(Nc1ccc(F)cc1-c1ccc(-n2cc(-c3ccccc3)nn2)cc1)c1ccccc1C(F)(F)F. The summed E-state index contributed by atoms with van der Waals surface area (Å²) in [4.78, 5) is 12.8. The van der Waals surface area contributed by atoms with Crippen molar-refractivity contribution in [3.05, 3.63) is 120 Å². The zero-order valence-corrected chi connectivity index (χ0v) is 19.1. The van der Waals surface area contributed by atoms with E-state index in [1.54, 1.807) is 35.1 Å². The number of anilines is 1. The molecule has 0 aliphatic rings. The predicted octanol–water partition coefficient (Wildman–Crippen LogP) is 7.01. The first-order valence-corrected chi connectivity index (χ1v) is 11.2. The molecule has 4 aromatic carbocycles. The largest absolute Gasteiger partial charge is 0.417 e. The van der Waals surface area contributed by atoms with Crippen molar-refractivity contribution in [2.45, 2.75) is 6.18 Å². The van der Waals surface area contributed by atoms with Gasteiger partial charge in [0.2, 0.25) is 0 Å². The van der Waals surface area contributed by atoms with Crippen LogP contribution in [0.1, 0.15) is 15.9 Å². The summed E-state index contributed by atoms with van der Waals surface area (Å²) in [6, 6.07) is 24.6. The number of alkyl halides is 3. The van der Waals surface area contributed by atoms with Crippen LogP contribution < -0.4 is 5.32 Å². The molecule has 184 valence electrons. The van der Waals surface area contributed by atoms with Gasteiger partial charge >= 0.3 is 6.18 Å². The summed E-state index contributed by atoms with van der Waals surface area (Å²) >= 11 is 0. The maximum atomic E-state index is 14.1. The van der Waals surface area contributed by atoms with Crippen molar-refractivity contribution < 1.29 is 22.4 Å². The van der Waals surface area contributed by atoms with E-state index in [-0.39, 0.29) is 5.69 Å². The van der Waals surface area contributed by atoms with Crippen molar-refractivity contribution in [3.8, 4) is 28.1 Å². The van der Waals surface area contributed by atoms with Gasteiger partial charge in [-0.05, 0) is 48.0 Å². The Labute approximate surface area is 209 Å². The van der Waals surface area contributed by atoms with E-state index < -0.39 is 29.0 Å². The Morgan fingerprint density at radius 3 is 2.24 bits per heavy atom. The Morgan fingerprint density at radius 2 is 1.51 bits per heavy atom. The Kier molecular flexibility index (Phi) is 6.27. The van der Waals surface area contributed by atoms with Gasteiger partial charge in [0, 0.05) is 16.8 Å². The molecule has 1 N–H and O–H groups in total. The van der Waals surface area contributed by atoms with Crippen molar-refractivity contribution in [2.24, 2.45) is 0 Å². The molecule has 0 aliphatic heterocycles. The number of rotatable bonds is 5. The number of nitrogens with one attached hydrogen (secondary N) is 1. The van der Waals surface area contributed by atoms with E-state index in [2.05, 4.69) is 15.6 Å². The fourth-order valence-corrected chi connectivity index (χ4v) is 3.91. The molecular weight excluding hydrogens is 484 g/mol. The molecule has 5 rings (SSSR count). The molecule has 0 fully saturated rings. The molecular formula is C28H18F4N4O. The van der Waals surface area contributed by atoms with Gasteiger partial charge in [0.1, 0.15) is 11.5 Å². The smallest absolute Gasteiger partial charge is 0.321 e. The van der Waals surface area contributed by atoms with Gasteiger partial charge in [0.05, 0.1) is 23.0 Å². The summed E-state index contributed by atoms with van der Waals surface area (Å²) in [5.74, 6) is -1.51. The van der Waals surface area contributed by atoms with Crippen molar-refractivity contribution in [1.29, 1.82) is 0 Å². The number of amides is 1. The van der Waals surface area contributed by atoms with Crippen LogP contribution in [-0.4, -0.2) is 20.9 Å². The van der Waals surface area contributed by atoms with Gasteiger partial charge in [-0.1, -0.05) is 59.8 Å². The maximum absolute atomic E-state index is 14.1. The summed E-state index contributed by atoms with van der Waals surface area (Å²) in [5, 5.41) is 10.8. The lowest BCUT2D eigenvalue weighted by molar-refractivity contribution is -0.137. The number of benzene rings is 4. The highest BCUT2D eigenvalue weighted by molar-refractivity contribution is 6.07. The lowest BCUT2D eigenvalue weighted by Crippen LogP contribution is -2.19. The van der Waals surface area contributed by atoms with Gasteiger partial charge in [-0.2, -0.15) is 13.2 Å². The Hall–Kier alpha value is -4.79. The molecule has 5 nitrogen and oxygen atoms in total. The molecule has 0 unspecified atom stereocenters. The molecule has 0 saturated carbocycles. The molecule has 1 aromatic heterocycles. The van der Waals surface area contributed by atoms with E-state index in [0.29, 0.717) is 22.5 Å². The number of hydrogen-bond donors (Lipinski definition) is 1. The average molecular weight is 502 g/mol. The van der Waals surface area contributed by atoms with Crippen LogP contribution in [0.2, 0.25) is 0 Å². The first kappa shape index (κ1) is 23.9. The standard InChI is InChI=1S/C28H18F4N4O/c29-20-12-15-25(33-27(37)22-8-4-5-9-24(22)28(30,31)32)23(16-20)18-10-13-21(14-11-18)36-17-26(34-35-36)19-6-2-1-3-7-19/h1-17H,(H,33,37). The summed E-state index contributed by atoms with van der Waals surface area (Å²) in [5.41, 5.74) is 1.75. The molecule has 5 aromatic rings. The summed E-state index contributed by atoms with van der Waals surface area (Å²) < 4.78 is 55.9. The molecule has 0 bridgehead atoms. The normalized spacial score (nSPS) is 11.4. The summed E-state index contributed by atoms with van der Waals surface area (Å²) in [6.45, 7) is 0. The predicted molar refractivity (Wildman–Crippen MR) is 132 cm³/mol. The van der Waals surface area contributed by atoms with Crippen LogP contribution in [0, 0.1) is 5.82 Å². The molecule has 0 spiro atoms. The lowest BCUT2D eigenvalue weighted by Gasteiger charge is -2.15. The second-order valence-corrected chi connectivity index (χ2v) is 8.15. The second-order valence-electron chi connectivity index (χ2n) is 8.15. The quantitative estimate of drug-likeness (QED) is 0.263.